The van der Waals surface area contributed by atoms with Gasteiger partial charge in [0.15, 0.2) is 0 Å². The van der Waals surface area contributed by atoms with E-state index in [9.17, 15) is 14.4 Å². The molecule has 0 radical (unpaired) electrons. The van der Waals surface area contributed by atoms with Crippen molar-refractivity contribution in [1.82, 2.24) is 10.2 Å². The zero-order valence-electron chi connectivity index (χ0n) is 17.6. The fourth-order valence-electron chi connectivity index (χ4n) is 3.79. The molecule has 0 aliphatic carbocycles. The van der Waals surface area contributed by atoms with E-state index < -0.39 is 0 Å². The lowest BCUT2D eigenvalue weighted by Crippen LogP contribution is -2.53. The molecule has 1 aromatic carbocycles. The van der Waals surface area contributed by atoms with Gasteiger partial charge in [0.1, 0.15) is 18.5 Å². The number of ether oxygens (including phenoxy) is 3. The number of hydrogen-bond acceptors (Lipinski definition) is 6. The lowest BCUT2D eigenvalue weighted by molar-refractivity contribution is -0.151. The van der Waals surface area contributed by atoms with Crippen LogP contribution in [0, 0.1) is 0 Å². The summed E-state index contributed by atoms with van der Waals surface area (Å²) in [6.07, 6.45) is 1.78. The highest BCUT2D eigenvalue weighted by atomic mass is 16.5. The quantitative estimate of drug-likeness (QED) is 0.709. The van der Waals surface area contributed by atoms with Crippen LogP contribution >= 0.6 is 0 Å². The van der Waals surface area contributed by atoms with Crippen LogP contribution in [0.3, 0.4) is 0 Å². The van der Waals surface area contributed by atoms with Gasteiger partial charge in [-0.25, -0.2) is 4.79 Å². The molecule has 164 valence electrons. The maximum absolute atomic E-state index is 13.1. The molecule has 9 nitrogen and oxygen atoms in total. The van der Waals surface area contributed by atoms with Crippen molar-refractivity contribution in [3.8, 4) is 5.75 Å². The van der Waals surface area contributed by atoms with Crippen LogP contribution in [-0.2, 0) is 14.3 Å². The largest absolute Gasteiger partial charge is 0.490 e. The Morgan fingerprint density at radius 1 is 1.30 bits per heavy atom. The van der Waals surface area contributed by atoms with Crippen LogP contribution in [0.4, 0.5) is 10.5 Å². The van der Waals surface area contributed by atoms with Gasteiger partial charge in [-0.05, 0) is 37.5 Å². The smallest absolute Gasteiger partial charge is 0.319 e. The fraction of sp³-hybridized carbons (Fsp3) is 0.571. The second-order valence-electron chi connectivity index (χ2n) is 7.54. The van der Waals surface area contributed by atoms with Gasteiger partial charge in [0, 0.05) is 19.3 Å². The van der Waals surface area contributed by atoms with Gasteiger partial charge in [-0.15, -0.1) is 0 Å². The first-order valence-corrected chi connectivity index (χ1v) is 10.2. The number of esters is 1. The Hall–Kier alpha value is -2.81. The van der Waals surface area contributed by atoms with Crippen molar-refractivity contribution in [2.45, 2.75) is 50.9 Å². The number of carbonyl (C=O) groups excluding carboxylic acids is 3. The molecule has 9 heteroatoms. The van der Waals surface area contributed by atoms with Crippen molar-refractivity contribution in [3.05, 3.63) is 23.8 Å². The van der Waals surface area contributed by atoms with Crippen LogP contribution in [0.25, 0.3) is 0 Å². The van der Waals surface area contributed by atoms with Gasteiger partial charge in [-0.2, -0.15) is 0 Å². The van der Waals surface area contributed by atoms with Crippen LogP contribution < -0.4 is 15.4 Å². The minimum absolute atomic E-state index is 0.163. The van der Waals surface area contributed by atoms with Crippen molar-refractivity contribution >= 4 is 23.6 Å². The van der Waals surface area contributed by atoms with E-state index in [1.54, 1.807) is 30.1 Å². The minimum Gasteiger partial charge on any atom is -0.490 e. The van der Waals surface area contributed by atoms with Gasteiger partial charge < -0.3 is 29.7 Å². The van der Waals surface area contributed by atoms with Crippen molar-refractivity contribution < 1.29 is 28.6 Å². The third-order valence-electron chi connectivity index (χ3n) is 5.43. The highest BCUT2D eigenvalue weighted by molar-refractivity contribution is 5.99. The molecule has 1 aromatic rings. The number of anilines is 1. The summed E-state index contributed by atoms with van der Waals surface area (Å²) < 4.78 is 16.7. The third kappa shape index (κ3) is 5.02. The zero-order valence-corrected chi connectivity index (χ0v) is 17.6. The number of methoxy groups -OCH3 is 1. The first-order chi connectivity index (χ1) is 14.4. The lowest BCUT2D eigenvalue weighted by Gasteiger charge is -2.42. The molecule has 1 saturated heterocycles. The first kappa shape index (κ1) is 21.9. The number of carbonyl (C=O) groups is 3. The molecule has 2 N–H and O–H groups in total. The monoisotopic (exact) mass is 419 g/mol. The van der Waals surface area contributed by atoms with Gasteiger partial charge in [0.25, 0.3) is 5.91 Å². The molecule has 1 fully saturated rings. The van der Waals surface area contributed by atoms with E-state index >= 15 is 0 Å². The molecule has 2 aliphatic heterocycles. The Bertz CT molecular complexity index is 799. The van der Waals surface area contributed by atoms with Crippen molar-refractivity contribution in [2.24, 2.45) is 0 Å². The number of amides is 3. The molecular formula is C21H29N3O6. The van der Waals surface area contributed by atoms with Crippen LogP contribution in [0.1, 0.15) is 43.0 Å². The second kappa shape index (κ2) is 9.80. The van der Waals surface area contributed by atoms with Gasteiger partial charge in [-0.3, -0.25) is 9.59 Å². The predicted molar refractivity (Wildman–Crippen MR) is 110 cm³/mol. The summed E-state index contributed by atoms with van der Waals surface area (Å²) in [5.41, 5.74) is 0.906. The van der Waals surface area contributed by atoms with Crippen LogP contribution in [0.5, 0.6) is 5.75 Å². The zero-order chi connectivity index (χ0) is 21.7. The van der Waals surface area contributed by atoms with Crippen LogP contribution in [-0.4, -0.2) is 68.4 Å². The fourth-order valence-corrected chi connectivity index (χ4v) is 3.79. The van der Waals surface area contributed by atoms with Gasteiger partial charge in [-0.1, -0.05) is 6.92 Å². The molecule has 3 amide bonds. The average Bonchev–Trinajstić information content (AvgIpc) is 2.75. The highest BCUT2D eigenvalue weighted by Gasteiger charge is 2.39. The Labute approximate surface area is 176 Å². The molecule has 0 unspecified atom stereocenters. The molecule has 30 heavy (non-hydrogen) atoms. The van der Waals surface area contributed by atoms with Gasteiger partial charge in [0.05, 0.1) is 31.2 Å². The third-order valence-corrected chi connectivity index (χ3v) is 5.43. The number of rotatable bonds is 5. The maximum atomic E-state index is 13.1. The van der Waals surface area contributed by atoms with E-state index in [2.05, 4.69) is 10.6 Å². The molecular weight excluding hydrogens is 390 g/mol. The van der Waals surface area contributed by atoms with E-state index in [4.69, 9.17) is 14.2 Å². The highest BCUT2D eigenvalue weighted by Crippen LogP contribution is 2.32. The van der Waals surface area contributed by atoms with Gasteiger partial charge >= 0.3 is 12.0 Å². The molecule has 0 saturated carbocycles. The summed E-state index contributed by atoms with van der Waals surface area (Å²) in [6, 6.07) is 4.51. The number of benzene rings is 1. The summed E-state index contributed by atoms with van der Waals surface area (Å²) in [4.78, 5) is 38.3. The van der Waals surface area contributed by atoms with E-state index in [0.717, 1.165) is 6.42 Å². The molecule has 3 atom stereocenters. The number of hydrogen-bond donors (Lipinski definition) is 2. The topological polar surface area (TPSA) is 106 Å². The van der Waals surface area contributed by atoms with Crippen molar-refractivity contribution in [3.63, 3.8) is 0 Å². The number of nitrogens with zero attached hydrogens (tertiary/aromatic N) is 1. The van der Waals surface area contributed by atoms with Crippen LogP contribution in [0.15, 0.2) is 18.2 Å². The Morgan fingerprint density at radius 2 is 2.10 bits per heavy atom. The molecule has 0 aromatic heterocycles. The normalized spacial score (nSPS) is 23.2. The second-order valence-corrected chi connectivity index (χ2v) is 7.54. The van der Waals surface area contributed by atoms with E-state index in [1.807, 2.05) is 6.92 Å². The number of nitrogens with one attached hydrogen (secondary N) is 2. The predicted octanol–water partition coefficient (Wildman–Crippen LogP) is 2.16. The molecule has 2 aliphatic rings. The van der Waals surface area contributed by atoms with E-state index in [1.165, 1.54) is 7.11 Å². The first-order valence-electron chi connectivity index (χ1n) is 10.2. The Balaban J connectivity index is 1.74. The minimum atomic E-state index is -0.340. The number of urea groups is 1. The Kier molecular flexibility index (Phi) is 7.15. The van der Waals surface area contributed by atoms with Crippen LogP contribution in [0.2, 0.25) is 0 Å². The Morgan fingerprint density at radius 3 is 2.83 bits per heavy atom. The molecule has 0 bridgehead atoms. The number of likely N-dealkylation sites (N-methyl/N-ethyl adjacent to an activating group) is 1. The molecule has 2 heterocycles. The summed E-state index contributed by atoms with van der Waals surface area (Å²) >= 11 is 0. The van der Waals surface area contributed by atoms with E-state index in [-0.39, 0.29) is 49.2 Å². The number of fused-ring (bicyclic) bond motifs is 2. The molecule has 3 rings (SSSR count). The SMILES string of the molecule is CCCNC(=O)Nc1ccc2c(c1)C(=O)N(C)[C@H]1CC[C@@H](CC(=O)OC)O[C@@H]1CO2. The summed E-state index contributed by atoms with van der Waals surface area (Å²) in [5.74, 6) is -0.0844. The summed E-state index contributed by atoms with van der Waals surface area (Å²) in [7, 11) is 3.10. The standard InChI is InChI=1S/C21H29N3O6/c1-4-9-22-21(27)23-13-5-8-17-15(10-13)20(26)24(2)16-7-6-14(11-19(25)28-3)30-18(16)12-29-17/h5,8,10,14,16,18H,4,6-7,9,11-12H2,1-3H3,(H2,22,23,27)/t14-,16-,18+/m0/s1. The van der Waals surface area contributed by atoms with Crippen molar-refractivity contribution in [1.29, 1.82) is 0 Å². The van der Waals surface area contributed by atoms with E-state index in [0.29, 0.717) is 36.4 Å². The summed E-state index contributed by atoms with van der Waals surface area (Å²) in [6.45, 7) is 2.80. The van der Waals surface area contributed by atoms with Crippen molar-refractivity contribution in [2.75, 3.05) is 32.6 Å². The average molecular weight is 419 g/mol. The summed E-state index contributed by atoms with van der Waals surface area (Å²) in [5, 5.41) is 5.48. The molecule has 0 spiro atoms. The lowest BCUT2D eigenvalue weighted by atomic mass is 9.94. The van der Waals surface area contributed by atoms with Gasteiger partial charge in [0.2, 0.25) is 0 Å². The maximum Gasteiger partial charge on any atom is 0.319 e.